The van der Waals surface area contributed by atoms with Gasteiger partial charge in [0.25, 0.3) is 0 Å². The highest BCUT2D eigenvalue weighted by molar-refractivity contribution is 7.14. The molecule has 1 aliphatic carbocycles. The fourth-order valence-corrected chi connectivity index (χ4v) is 3.84. The van der Waals surface area contributed by atoms with Gasteiger partial charge in [0.2, 0.25) is 5.13 Å². The largest absolute Gasteiger partial charge is 0.252 e. The number of hydrazone groups is 1. The lowest BCUT2D eigenvalue weighted by molar-refractivity contribution is 0.912. The van der Waals surface area contributed by atoms with Gasteiger partial charge in [0, 0.05) is 10.9 Å². The fraction of sp³-hybridized carbons (Fsp3) is 0.238. The van der Waals surface area contributed by atoms with E-state index in [4.69, 9.17) is 0 Å². The predicted octanol–water partition coefficient (Wildman–Crippen LogP) is 5.44. The molecular formula is C21H21N3S. The van der Waals surface area contributed by atoms with Gasteiger partial charge in [0.05, 0.1) is 11.4 Å². The van der Waals surface area contributed by atoms with Gasteiger partial charge in [0.15, 0.2) is 0 Å². The average Bonchev–Trinajstić information content (AvgIpc) is 3.28. The molecule has 4 rings (SSSR count). The number of thiazole rings is 1. The van der Waals surface area contributed by atoms with Crippen LogP contribution in [-0.2, 0) is 12.8 Å². The van der Waals surface area contributed by atoms with E-state index >= 15 is 0 Å². The number of nitrogens with one attached hydrogen (secondary N) is 1. The maximum absolute atomic E-state index is 4.69. The lowest BCUT2D eigenvalue weighted by atomic mass is 10.1. The normalized spacial score (nSPS) is 13.8. The first-order valence-electron chi connectivity index (χ1n) is 8.64. The molecule has 1 heterocycles. The second-order valence-electron chi connectivity index (χ2n) is 6.55. The first-order valence-corrected chi connectivity index (χ1v) is 9.52. The number of hydrogen-bond acceptors (Lipinski definition) is 4. The molecule has 0 atom stereocenters. The van der Waals surface area contributed by atoms with Crippen LogP contribution < -0.4 is 5.43 Å². The van der Waals surface area contributed by atoms with Crippen LogP contribution in [0.2, 0.25) is 0 Å². The molecule has 4 heteroatoms. The van der Waals surface area contributed by atoms with Gasteiger partial charge in [-0.25, -0.2) is 4.98 Å². The van der Waals surface area contributed by atoms with Crippen molar-refractivity contribution in [2.24, 2.45) is 5.10 Å². The van der Waals surface area contributed by atoms with E-state index < -0.39 is 0 Å². The van der Waals surface area contributed by atoms with Gasteiger partial charge >= 0.3 is 0 Å². The number of anilines is 1. The number of benzene rings is 2. The van der Waals surface area contributed by atoms with Crippen molar-refractivity contribution in [1.82, 2.24) is 4.98 Å². The molecule has 0 saturated heterocycles. The minimum atomic E-state index is 0.821. The summed E-state index contributed by atoms with van der Waals surface area (Å²) in [6, 6.07) is 15.1. The predicted molar refractivity (Wildman–Crippen MR) is 107 cm³/mol. The number of aromatic nitrogens is 1. The summed E-state index contributed by atoms with van der Waals surface area (Å²) in [6.07, 6.45) is 3.68. The van der Waals surface area contributed by atoms with Crippen LogP contribution in [0.25, 0.3) is 11.3 Å². The molecule has 0 saturated carbocycles. The first kappa shape index (κ1) is 16.0. The molecule has 0 radical (unpaired) electrons. The van der Waals surface area contributed by atoms with Crippen molar-refractivity contribution in [1.29, 1.82) is 0 Å². The molecular weight excluding hydrogens is 326 g/mol. The second-order valence-corrected chi connectivity index (χ2v) is 7.41. The van der Waals surface area contributed by atoms with E-state index in [-0.39, 0.29) is 0 Å². The van der Waals surface area contributed by atoms with Crippen LogP contribution in [0.3, 0.4) is 0 Å². The van der Waals surface area contributed by atoms with Crippen molar-refractivity contribution in [3.63, 3.8) is 0 Å². The Kier molecular flexibility index (Phi) is 4.36. The van der Waals surface area contributed by atoms with Crippen molar-refractivity contribution in [3.05, 3.63) is 70.1 Å². The molecule has 126 valence electrons. The minimum Gasteiger partial charge on any atom is -0.252 e. The van der Waals surface area contributed by atoms with Crippen molar-refractivity contribution in [2.75, 3.05) is 5.43 Å². The van der Waals surface area contributed by atoms with E-state index in [2.05, 4.69) is 70.3 Å². The number of rotatable bonds is 4. The van der Waals surface area contributed by atoms with Crippen LogP contribution in [0.4, 0.5) is 5.13 Å². The molecule has 0 unspecified atom stereocenters. The van der Waals surface area contributed by atoms with Crippen LogP contribution >= 0.6 is 11.3 Å². The van der Waals surface area contributed by atoms with E-state index in [0.29, 0.717) is 0 Å². The maximum atomic E-state index is 4.69. The number of nitrogens with zero attached hydrogens (tertiary/aromatic N) is 2. The van der Waals surface area contributed by atoms with Crippen molar-refractivity contribution in [2.45, 2.75) is 33.1 Å². The highest BCUT2D eigenvalue weighted by atomic mass is 32.1. The summed E-state index contributed by atoms with van der Waals surface area (Å²) >= 11 is 1.59. The van der Waals surface area contributed by atoms with Crippen LogP contribution in [0.5, 0.6) is 0 Å². The summed E-state index contributed by atoms with van der Waals surface area (Å²) in [6.45, 7) is 4.09. The van der Waals surface area contributed by atoms with Gasteiger partial charge in [-0.2, -0.15) is 5.10 Å². The first-order chi connectivity index (χ1) is 12.2. The molecule has 3 nitrogen and oxygen atoms in total. The topological polar surface area (TPSA) is 37.3 Å². The third kappa shape index (κ3) is 3.49. The summed E-state index contributed by atoms with van der Waals surface area (Å²) in [5, 5.41) is 7.39. The van der Waals surface area contributed by atoms with Crippen molar-refractivity contribution < 1.29 is 0 Å². The Morgan fingerprint density at radius 3 is 2.72 bits per heavy atom. The molecule has 25 heavy (non-hydrogen) atoms. The quantitative estimate of drug-likeness (QED) is 0.504. The summed E-state index contributed by atoms with van der Waals surface area (Å²) in [5.41, 5.74) is 11.6. The maximum Gasteiger partial charge on any atom is 0.203 e. The van der Waals surface area contributed by atoms with Crippen molar-refractivity contribution >= 4 is 22.2 Å². The van der Waals surface area contributed by atoms with Gasteiger partial charge in [-0.3, -0.25) is 5.43 Å². The molecule has 3 aromatic rings. The van der Waals surface area contributed by atoms with E-state index in [0.717, 1.165) is 22.1 Å². The van der Waals surface area contributed by atoms with Crippen LogP contribution in [0.15, 0.2) is 52.9 Å². The van der Waals surface area contributed by atoms with Gasteiger partial charge in [0.1, 0.15) is 0 Å². The standard InChI is InChI=1S/C21H21N3S/c1-14-6-8-16(9-7-14)15(2)23-24-21-22-20(13-25-21)19-11-10-17-4-3-5-18(17)12-19/h6-13H,3-5H2,1-2H3,(H,22,24)/b23-15+. The Balaban J connectivity index is 1.50. The Labute approximate surface area is 152 Å². The SMILES string of the molecule is C/C(=N\Nc1nc(-c2ccc3c(c2)CCC3)cs1)c1ccc(C)cc1. The van der Waals surface area contributed by atoms with E-state index in [1.807, 2.05) is 6.92 Å². The van der Waals surface area contributed by atoms with Gasteiger partial charge < -0.3 is 0 Å². The van der Waals surface area contributed by atoms with Gasteiger partial charge in [-0.1, -0.05) is 42.0 Å². The molecule has 0 bridgehead atoms. The molecule has 0 aliphatic heterocycles. The van der Waals surface area contributed by atoms with E-state index in [1.165, 1.54) is 41.5 Å². The van der Waals surface area contributed by atoms with Crippen LogP contribution in [-0.4, -0.2) is 10.7 Å². The third-order valence-corrected chi connectivity index (χ3v) is 5.43. The van der Waals surface area contributed by atoms with E-state index in [9.17, 15) is 0 Å². The minimum absolute atomic E-state index is 0.821. The smallest absolute Gasteiger partial charge is 0.203 e. The van der Waals surface area contributed by atoms with E-state index in [1.54, 1.807) is 11.3 Å². The summed E-state index contributed by atoms with van der Waals surface area (Å²) in [4.78, 5) is 4.69. The zero-order chi connectivity index (χ0) is 17.2. The molecule has 0 spiro atoms. The number of hydrogen-bond donors (Lipinski definition) is 1. The molecule has 0 amide bonds. The molecule has 1 aromatic heterocycles. The Morgan fingerprint density at radius 2 is 1.88 bits per heavy atom. The number of fused-ring (bicyclic) bond motifs is 1. The molecule has 1 N–H and O–H groups in total. The zero-order valence-electron chi connectivity index (χ0n) is 14.5. The zero-order valence-corrected chi connectivity index (χ0v) is 15.4. The lowest BCUT2D eigenvalue weighted by Crippen LogP contribution is -1.99. The highest BCUT2D eigenvalue weighted by Crippen LogP contribution is 2.30. The summed E-state index contributed by atoms with van der Waals surface area (Å²) < 4.78 is 0. The van der Waals surface area contributed by atoms with Crippen molar-refractivity contribution in [3.8, 4) is 11.3 Å². The lowest BCUT2D eigenvalue weighted by Gasteiger charge is -2.03. The monoisotopic (exact) mass is 347 g/mol. The summed E-state index contributed by atoms with van der Waals surface area (Å²) in [7, 11) is 0. The molecule has 1 aliphatic rings. The Morgan fingerprint density at radius 1 is 1.08 bits per heavy atom. The molecule has 0 fully saturated rings. The second kappa shape index (κ2) is 6.81. The average molecular weight is 347 g/mol. The highest BCUT2D eigenvalue weighted by Gasteiger charge is 2.12. The van der Waals surface area contributed by atoms with Crippen LogP contribution in [0.1, 0.15) is 35.6 Å². The van der Waals surface area contributed by atoms with Gasteiger partial charge in [-0.05, 0) is 55.9 Å². The number of aryl methyl sites for hydroxylation is 3. The van der Waals surface area contributed by atoms with Crippen LogP contribution in [0, 0.1) is 6.92 Å². The van der Waals surface area contributed by atoms with Gasteiger partial charge in [-0.15, -0.1) is 11.3 Å². The Bertz CT molecular complexity index is 923. The fourth-order valence-electron chi connectivity index (χ4n) is 3.18. The summed E-state index contributed by atoms with van der Waals surface area (Å²) in [5.74, 6) is 0. The Hall–Kier alpha value is -2.46. The third-order valence-electron chi connectivity index (χ3n) is 4.69. The molecule has 2 aromatic carbocycles.